The molecule has 2 aromatic carbocycles. The third-order valence-corrected chi connectivity index (χ3v) is 2.98. The molecule has 4 heteroatoms. The van der Waals surface area contributed by atoms with Crippen molar-refractivity contribution in [3.63, 3.8) is 0 Å². The average molecular weight is 241 g/mol. The summed E-state index contributed by atoms with van der Waals surface area (Å²) in [5, 5.41) is 0. The van der Waals surface area contributed by atoms with E-state index in [9.17, 15) is 4.39 Å². The molecule has 18 heavy (non-hydrogen) atoms. The topological polar surface area (TPSA) is 43.8 Å². The quantitative estimate of drug-likeness (QED) is 0.749. The Morgan fingerprint density at radius 3 is 2.78 bits per heavy atom. The van der Waals surface area contributed by atoms with Crippen molar-refractivity contribution in [1.29, 1.82) is 0 Å². The molecule has 0 radical (unpaired) electrons. The van der Waals surface area contributed by atoms with E-state index < -0.39 is 0 Å². The molecule has 0 saturated heterocycles. The number of para-hydroxylation sites is 3. The Bertz CT molecular complexity index is 703. The fourth-order valence-electron chi connectivity index (χ4n) is 2.13. The van der Waals surface area contributed by atoms with Crippen molar-refractivity contribution in [1.82, 2.24) is 9.55 Å². The van der Waals surface area contributed by atoms with E-state index in [0.717, 1.165) is 16.6 Å². The highest BCUT2D eigenvalue weighted by Crippen LogP contribution is 2.23. The largest absolute Gasteiger partial charge is 0.326 e. The van der Waals surface area contributed by atoms with Gasteiger partial charge < -0.3 is 5.73 Å². The molecule has 3 nitrogen and oxygen atoms in total. The average Bonchev–Trinajstić information content (AvgIpc) is 2.82. The summed E-state index contributed by atoms with van der Waals surface area (Å²) < 4.78 is 15.8. The number of halogens is 1. The molecule has 0 spiro atoms. The molecule has 0 aliphatic carbocycles. The summed E-state index contributed by atoms with van der Waals surface area (Å²) in [6.07, 6.45) is 1.63. The van der Waals surface area contributed by atoms with Crippen molar-refractivity contribution in [2.24, 2.45) is 5.73 Å². The number of nitrogens with zero attached hydrogens (tertiary/aromatic N) is 2. The second kappa shape index (κ2) is 4.23. The number of hydrogen-bond donors (Lipinski definition) is 1. The van der Waals surface area contributed by atoms with Gasteiger partial charge in [-0.15, -0.1) is 0 Å². The number of rotatable bonds is 2. The molecule has 90 valence electrons. The summed E-state index contributed by atoms with van der Waals surface area (Å²) in [6.45, 7) is 0.291. The van der Waals surface area contributed by atoms with Crippen LogP contribution < -0.4 is 5.73 Å². The molecule has 0 saturated carbocycles. The third kappa shape index (κ3) is 1.58. The molecule has 0 amide bonds. The van der Waals surface area contributed by atoms with Gasteiger partial charge in [0.05, 0.1) is 16.7 Å². The standard InChI is InChI=1S/C14H12FN3/c15-11-5-3-4-10(8-16)14(11)18-9-17-12-6-1-2-7-13(12)18/h1-7,9H,8,16H2. The van der Waals surface area contributed by atoms with E-state index in [1.165, 1.54) is 6.07 Å². The van der Waals surface area contributed by atoms with Crippen LogP contribution in [-0.2, 0) is 6.54 Å². The molecule has 0 unspecified atom stereocenters. The van der Waals surface area contributed by atoms with Crippen molar-refractivity contribution in [2.75, 3.05) is 0 Å². The predicted molar refractivity (Wildman–Crippen MR) is 68.9 cm³/mol. The van der Waals surface area contributed by atoms with Crippen LogP contribution in [0.15, 0.2) is 48.8 Å². The Balaban J connectivity index is 2.33. The van der Waals surface area contributed by atoms with Crippen molar-refractivity contribution < 1.29 is 4.39 Å². The molecular weight excluding hydrogens is 229 g/mol. The summed E-state index contributed by atoms with van der Waals surface area (Å²) in [6, 6.07) is 12.6. The highest BCUT2D eigenvalue weighted by molar-refractivity contribution is 5.77. The molecule has 1 heterocycles. The number of fused-ring (bicyclic) bond motifs is 1. The van der Waals surface area contributed by atoms with Gasteiger partial charge in [0.25, 0.3) is 0 Å². The monoisotopic (exact) mass is 241 g/mol. The fraction of sp³-hybridized carbons (Fsp3) is 0.0714. The van der Waals surface area contributed by atoms with Crippen molar-refractivity contribution in [3.8, 4) is 5.69 Å². The van der Waals surface area contributed by atoms with Gasteiger partial charge in [0.1, 0.15) is 12.1 Å². The Morgan fingerprint density at radius 1 is 1.11 bits per heavy atom. The van der Waals surface area contributed by atoms with E-state index in [-0.39, 0.29) is 5.82 Å². The second-order valence-electron chi connectivity index (χ2n) is 4.05. The predicted octanol–water partition coefficient (Wildman–Crippen LogP) is 2.62. The zero-order valence-corrected chi connectivity index (χ0v) is 9.68. The summed E-state index contributed by atoms with van der Waals surface area (Å²) >= 11 is 0. The summed E-state index contributed by atoms with van der Waals surface area (Å²) in [5.41, 5.74) is 8.62. The fourth-order valence-corrected chi connectivity index (χ4v) is 2.13. The maximum absolute atomic E-state index is 14.0. The second-order valence-corrected chi connectivity index (χ2v) is 4.05. The molecule has 3 aromatic rings. The lowest BCUT2D eigenvalue weighted by Crippen LogP contribution is -2.06. The van der Waals surface area contributed by atoms with E-state index >= 15 is 0 Å². The van der Waals surface area contributed by atoms with Crippen LogP contribution in [0, 0.1) is 5.82 Å². The van der Waals surface area contributed by atoms with E-state index in [4.69, 9.17) is 5.73 Å². The van der Waals surface area contributed by atoms with Crippen molar-refractivity contribution in [2.45, 2.75) is 6.54 Å². The first-order valence-electron chi connectivity index (χ1n) is 5.71. The summed E-state index contributed by atoms with van der Waals surface area (Å²) in [5.74, 6) is -0.291. The van der Waals surface area contributed by atoms with E-state index in [1.54, 1.807) is 17.0 Å². The van der Waals surface area contributed by atoms with Crippen LogP contribution in [0.2, 0.25) is 0 Å². The first-order valence-corrected chi connectivity index (χ1v) is 5.71. The lowest BCUT2D eigenvalue weighted by Gasteiger charge is -2.10. The summed E-state index contributed by atoms with van der Waals surface area (Å²) in [4.78, 5) is 4.27. The van der Waals surface area contributed by atoms with Gasteiger partial charge in [-0.1, -0.05) is 24.3 Å². The maximum atomic E-state index is 14.0. The molecule has 0 aliphatic heterocycles. The minimum Gasteiger partial charge on any atom is -0.326 e. The SMILES string of the molecule is NCc1cccc(F)c1-n1cnc2ccccc21. The van der Waals surface area contributed by atoms with Gasteiger partial charge >= 0.3 is 0 Å². The van der Waals surface area contributed by atoms with Gasteiger partial charge in [0.15, 0.2) is 0 Å². The maximum Gasteiger partial charge on any atom is 0.147 e. The van der Waals surface area contributed by atoms with Gasteiger partial charge in [-0.05, 0) is 23.8 Å². The number of imidazole rings is 1. The molecule has 0 atom stereocenters. The van der Waals surface area contributed by atoms with Gasteiger partial charge in [-0.2, -0.15) is 0 Å². The normalized spacial score (nSPS) is 11.0. The number of nitrogens with two attached hydrogens (primary N) is 1. The van der Waals surface area contributed by atoms with Gasteiger partial charge in [-0.3, -0.25) is 4.57 Å². The van der Waals surface area contributed by atoms with E-state index in [1.807, 2.05) is 30.3 Å². The number of benzene rings is 2. The molecule has 0 fully saturated rings. The van der Waals surface area contributed by atoms with Crippen LogP contribution in [0.25, 0.3) is 16.7 Å². The van der Waals surface area contributed by atoms with Gasteiger partial charge in [0, 0.05) is 6.54 Å². The van der Waals surface area contributed by atoms with Crippen molar-refractivity contribution in [3.05, 3.63) is 60.2 Å². The van der Waals surface area contributed by atoms with Crippen LogP contribution in [0.5, 0.6) is 0 Å². The number of hydrogen-bond acceptors (Lipinski definition) is 2. The van der Waals surface area contributed by atoms with Crippen LogP contribution in [0.4, 0.5) is 4.39 Å². The Labute approximate surface area is 104 Å². The molecule has 1 aromatic heterocycles. The Kier molecular flexibility index (Phi) is 2.57. The lowest BCUT2D eigenvalue weighted by molar-refractivity contribution is 0.616. The highest BCUT2D eigenvalue weighted by atomic mass is 19.1. The van der Waals surface area contributed by atoms with Crippen LogP contribution in [0.3, 0.4) is 0 Å². The Morgan fingerprint density at radius 2 is 1.94 bits per heavy atom. The zero-order chi connectivity index (χ0) is 12.5. The Hall–Kier alpha value is -2.20. The smallest absolute Gasteiger partial charge is 0.147 e. The number of aromatic nitrogens is 2. The zero-order valence-electron chi connectivity index (χ0n) is 9.68. The van der Waals surface area contributed by atoms with Crippen LogP contribution >= 0.6 is 0 Å². The minimum absolute atomic E-state index is 0.291. The molecule has 0 bridgehead atoms. The highest BCUT2D eigenvalue weighted by Gasteiger charge is 2.12. The van der Waals surface area contributed by atoms with Gasteiger partial charge in [-0.25, -0.2) is 9.37 Å². The molecular formula is C14H12FN3. The van der Waals surface area contributed by atoms with Crippen LogP contribution in [-0.4, -0.2) is 9.55 Å². The van der Waals surface area contributed by atoms with E-state index in [0.29, 0.717) is 12.2 Å². The van der Waals surface area contributed by atoms with E-state index in [2.05, 4.69) is 4.98 Å². The van der Waals surface area contributed by atoms with Gasteiger partial charge in [0.2, 0.25) is 0 Å². The first kappa shape index (κ1) is 10.9. The molecule has 2 N–H and O–H groups in total. The third-order valence-electron chi connectivity index (χ3n) is 2.98. The minimum atomic E-state index is -0.291. The molecule has 0 aliphatic rings. The first-order chi connectivity index (χ1) is 8.81. The lowest BCUT2D eigenvalue weighted by atomic mass is 10.1. The summed E-state index contributed by atoms with van der Waals surface area (Å²) in [7, 11) is 0. The van der Waals surface area contributed by atoms with Crippen molar-refractivity contribution >= 4 is 11.0 Å². The van der Waals surface area contributed by atoms with Crippen LogP contribution in [0.1, 0.15) is 5.56 Å². The molecule has 3 rings (SSSR count).